The van der Waals surface area contributed by atoms with Crippen molar-refractivity contribution in [1.29, 1.82) is 0 Å². The number of nitrogens with two attached hydrogens (primary N) is 1. The van der Waals surface area contributed by atoms with Crippen LogP contribution in [0, 0.1) is 5.82 Å². The molecule has 0 aliphatic heterocycles. The highest BCUT2D eigenvalue weighted by molar-refractivity contribution is 14.0. The van der Waals surface area contributed by atoms with Crippen LogP contribution in [0.25, 0.3) is 0 Å². The van der Waals surface area contributed by atoms with Gasteiger partial charge in [-0.3, -0.25) is 0 Å². The van der Waals surface area contributed by atoms with Gasteiger partial charge in [0, 0.05) is 13.1 Å². The summed E-state index contributed by atoms with van der Waals surface area (Å²) in [5, 5.41) is 0. The first-order valence-corrected chi connectivity index (χ1v) is 6.51. The number of benzene rings is 1. The second kappa shape index (κ2) is 7.66. The van der Waals surface area contributed by atoms with Crippen LogP contribution in [0.3, 0.4) is 0 Å². The highest BCUT2D eigenvalue weighted by Crippen LogP contribution is 2.24. The van der Waals surface area contributed by atoms with E-state index in [0.29, 0.717) is 24.3 Å². The number of aliphatic imine (C=N–C) groups is 1. The molecule has 0 heterocycles. The van der Waals surface area contributed by atoms with Crippen LogP contribution in [0.15, 0.2) is 29.3 Å². The van der Waals surface area contributed by atoms with Gasteiger partial charge >= 0.3 is 0 Å². The highest BCUT2D eigenvalue weighted by atomic mass is 127. The standard InChI is InChI=1S/C14H20FN3O.HI/c1-10(19-13-7-3-11(15)4-8-13)9-17-14(16)18(2)12-5-6-12;/h3-4,7-8,10,12H,5-6,9H2,1-2H3,(H2,16,17);1H. The summed E-state index contributed by atoms with van der Waals surface area (Å²) in [5.41, 5.74) is 5.89. The minimum absolute atomic E-state index is 0. The Morgan fingerprint density at radius 1 is 1.45 bits per heavy atom. The van der Waals surface area contributed by atoms with Crippen molar-refractivity contribution in [3.05, 3.63) is 30.1 Å². The molecule has 0 radical (unpaired) electrons. The Hall–Kier alpha value is -1.05. The Morgan fingerprint density at radius 2 is 2.05 bits per heavy atom. The molecule has 0 aromatic heterocycles. The Kier molecular flexibility index (Phi) is 6.51. The Labute approximate surface area is 136 Å². The van der Waals surface area contributed by atoms with E-state index in [1.54, 1.807) is 12.1 Å². The summed E-state index contributed by atoms with van der Waals surface area (Å²) in [6, 6.07) is 6.52. The third-order valence-electron chi connectivity index (χ3n) is 3.12. The fourth-order valence-electron chi connectivity index (χ4n) is 1.77. The zero-order valence-electron chi connectivity index (χ0n) is 11.8. The molecule has 6 heteroatoms. The summed E-state index contributed by atoms with van der Waals surface area (Å²) in [6.45, 7) is 2.40. The summed E-state index contributed by atoms with van der Waals surface area (Å²) in [6.07, 6.45) is 2.28. The van der Waals surface area contributed by atoms with E-state index in [0.717, 1.165) is 0 Å². The third-order valence-corrected chi connectivity index (χ3v) is 3.12. The van der Waals surface area contributed by atoms with Gasteiger partial charge in [0.25, 0.3) is 0 Å². The van der Waals surface area contributed by atoms with Gasteiger partial charge in [-0.25, -0.2) is 9.38 Å². The number of guanidine groups is 1. The Balaban J connectivity index is 0.00000200. The van der Waals surface area contributed by atoms with E-state index in [2.05, 4.69) is 4.99 Å². The van der Waals surface area contributed by atoms with Crippen LogP contribution in [0.4, 0.5) is 4.39 Å². The van der Waals surface area contributed by atoms with E-state index in [4.69, 9.17) is 10.5 Å². The van der Waals surface area contributed by atoms with E-state index in [1.165, 1.54) is 25.0 Å². The molecular formula is C14H21FIN3O. The van der Waals surface area contributed by atoms with Crippen molar-refractivity contribution in [2.75, 3.05) is 13.6 Å². The van der Waals surface area contributed by atoms with Crippen molar-refractivity contribution in [1.82, 2.24) is 4.90 Å². The number of nitrogens with zero attached hydrogens (tertiary/aromatic N) is 2. The van der Waals surface area contributed by atoms with Crippen LogP contribution in [0.1, 0.15) is 19.8 Å². The maximum Gasteiger partial charge on any atom is 0.191 e. The molecule has 1 unspecified atom stereocenters. The number of ether oxygens (including phenoxy) is 1. The van der Waals surface area contributed by atoms with E-state index in [-0.39, 0.29) is 35.9 Å². The smallest absolute Gasteiger partial charge is 0.191 e. The third kappa shape index (κ3) is 5.15. The Bertz CT molecular complexity index is 448. The molecule has 1 aliphatic carbocycles. The predicted molar refractivity (Wildman–Crippen MR) is 89.2 cm³/mol. The van der Waals surface area contributed by atoms with Gasteiger partial charge in [-0.05, 0) is 44.0 Å². The van der Waals surface area contributed by atoms with Gasteiger partial charge in [0.2, 0.25) is 0 Å². The molecule has 0 saturated heterocycles. The maximum atomic E-state index is 12.7. The molecule has 4 nitrogen and oxygen atoms in total. The van der Waals surface area contributed by atoms with Gasteiger partial charge in [-0.2, -0.15) is 0 Å². The fraction of sp³-hybridized carbons (Fsp3) is 0.500. The molecule has 2 N–H and O–H groups in total. The molecule has 0 amide bonds. The molecule has 1 fully saturated rings. The first-order chi connectivity index (χ1) is 9.06. The van der Waals surface area contributed by atoms with Gasteiger partial charge in [0.15, 0.2) is 5.96 Å². The molecule has 1 aromatic rings. The molecule has 20 heavy (non-hydrogen) atoms. The summed E-state index contributed by atoms with van der Waals surface area (Å²) in [4.78, 5) is 6.32. The van der Waals surface area contributed by atoms with Gasteiger partial charge in [-0.15, -0.1) is 24.0 Å². The van der Waals surface area contributed by atoms with Crippen molar-refractivity contribution in [3.8, 4) is 5.75 Å². The van der Waals surface area contributed by atoms with E-state index in [9.17, 15) is 4.39 Å². The normalized spacial score (nSPS) is 16.2. The van der Waals surface area contributed by atoms with Crippen LogP contribution in [-0.2, 0) is 0 Å². The SMILES string of the molecule is CC(CN=C(N)N(C)C1CC1)Oc1ccc(F)cc1.I. The van der Waals surface area contributed by atoms with Crippen LogP contribution in [0.5, 0.6) is 5.75 Å². The largest absolute Gasteiger partial charge is 0.489 e. The van der Waals surface area contributed by atoms with Crippen molar-refractivity contribution in [2.45, 2.75) is 31.9 Å². The van der Waals surface area contributed by atoms with Crippen LogP contribution < -0.4 is 10.5 Å². The second-order valence-corrected chi connectivity index (χ2v) is 4.92. The lowest BCUT2D eigenvalue weighted by atomic mass is 10.3. The van der Waals surface area contributed by atoms with Gasteiger partial charge in [0.05, 0.1) is 6.54 Å². The summed E-state index contributed by atoms with van der Waals surface area (Å²) >= 11 is 0. The van der Waals surface area contributed by atoms with E-state index in [1.807, 2.05) is 18.9 Å². The minimum Gasteiger partial charge on any atom is -0.489 e. The molecule has 112 valence electrons. The quantitative estimate of drug-likeness (QED) is 0.476. The number of halogens is 2. The average Bonchev–Trinajstić information content (AvgIpc) is 3.22. The van der Waals surface area contributed by atoms with Gasteiger partial charge < -0.3 is 15.4 Å². The first-order valence-electron chi connectivity index (χ1n) is 6.51. The topological polar surface area (TPSA) is 50.8 Å². The van der Waals surface area contributed by atoms with Crippen LogP contribution >= 0.6 is 24.0 Å². The first kappa shape index (κ1) is 17.0. The van der Waals surface area contributed by atoms with Crippen LogP contribution in [-0.4, -0.2) is 36.6 Å². The molecule has 0 bridgehead atoms. The molecular weight excluding hydrogens is 372 g/mol. The summed E-state index contributed by atoms with van der Waals surface area (Å²) in [5.74, 6) is 0.920. The van der Waals surface area contributed by atoms with E-state index >= 15 is 0 Å². The molecule has 2 rings (SSSR count). The second-order valence-electron chi connectivity index (χ2n) is 4.92. The average molecular weight is 393 g/mol. The summed E-state index contributed by atoms with van der Waals surface area (Å²) < 4.78 is 18.4. The van der Waals surface area contributed by atoms with Crippen molar-refractivity contribution < 1.29 is 9.13 Å². The fourth-order valence-corrected chi connectivity index (χ4v) is 1.77. The minimum atomic E-state index is -0.270. The molecule has 0 spiro atoms. The Morgan fingerprint density at radius 3 is 2.60 bits per heavy atom. The number of hydrogen-bond acceptors (Lipinski definition) is 2. The van der Waals surface area contributed by atoms with E-state index < -0.39 is 0 Å². The lowest BCUT2D eigenvalue weighted by molar-refractivity contribution is 0.229. The predicted octanol–water partition coefficient (Wildman–Crippen LogP) is 2.62. The maximum absolute atomic E-state index is 12.7. The zero-order chi connectivity index (χ0) is 13.8. The molecule has 1 aliphatic rings. The lowest BCUT2D eigenvalue weighted by Crippen LogP contribution is -2.36. The number of hydrogen-bond donors (Lipinski definition) is 1. The number of rotatable bonds is 5. The summed E-state index contributed by atoms with van der Waals surface area (Å²) in [7, 11) is 1.96. The molecule has 1 atom stereocenters. The molecule has 1 aromatic carbocycles. The van der Waals surface area contributed by atoms with Crippen molar-refractivity contribution in [3.63, 3.8) is 0 Å². The molecule has 1 saturated carbocycles. The zero-order valence-corrected chi connectivity index (χ0v) is 14.1. The lowest BCUT2D eigenvalue weighted by Gasteiger charge is -2.18. The van der Waals surface area contributed by atoms with Crippen molar-refractivity contribution >= 4 is 29.9 Å². The van der Waals surface area contributed by atoms with Crippen LogP contribution in [0.2, 0.25) is 0 Å². The van der Waals surface area contributed by atoms with Crippen molar-refractivity contribution in [2.24, 2.45) is 10.7 Å². The van der Waals surface area contributed by atoms with Gasteiger partial charge in [0.1, 0.15) is 17.7 Å². The highest BCUT2D eigenvalue weighted by Gasteiger charge is 2.27. The van der Waals surface area contributed by atoms with Gasteiger partial charge in [-0.1, -0.05) is 0 Å². The monoisotopic (exact) mass is 393 g/mol.